The van der Waals surface area contributed by atoms with Crippen LogP contribution in [0, 0.1) is 5.82 Å². The Balaban J connectivity index is 2.13. The van der Waals surface area contributed by atoms with Gasteiger partial charge >= 0.3 is 0 Å². The van der Waals surface area contributed by atoms with Gasteiger partial charge < -0.3 is 14.7 Å². The lowest BCUT2D eigenvalue weighted by Crippen LogP contribution is -2.34. The predicted octanol–water partition coefficient (Wildman–Crippen LogP) is 2.88. The molecule has 0 bridgehead atoms. The zero-order chi connectivity index (χ0) is 13.8. The number of ether oxygens (including phenoxy) is 1. The molecular formula is C15H22FNO2. The Morgan fingerprint density at radius 1 is 1.47 bits per heavy atom. The zero-order valence-corrected chi connectivity index (χ0v) is 11.6. The largest absolute Gasteiger partial charge is 0.389 e. The molecule has 1 fully saturated rings. The van der Waals surface area contributed by atoms with E-state index < -0.39 is 6.10 Å². The second-order valence-electron chi connectivity index (χ2n) is 5.22. The van der Waals surface area contributed by atoms with Crippen LogP contribution in [0.25, 0.3) is 0 Å². The van der Waals surface area contributed by atoms with E-state index in [1.54, 1.807) is 13.0 Å². The molecule has 3 nitrogen and oxygen atoms in total. The Morgan fingerprint density at radius 2 is 2.26 bits per heavy atom. The van der Waals surface area contributed by atoms with Gasteiger partial charge in [-0.3, -0.25) is 0 Å². The molecule has 0 aliphatic carbocycles. The van der Waals surface area contributed by atoms with Gasteiger partial charge in [-0.1, -0.05) is 6.07 Å². The van der Waals surface area contributed by atoms with Crippen molar-refractivity contribution in [1.29, 1.82) is 0 Å². The Labute approximate surface area is 114 Å². The Bertz CT molecular complexity index is 417. The molecular weight excluding hydrogens is 245 g/mol. The van der Waals surface area contributed by atoms with Crippen LogP contribution in [0.2, 0.25) is 0 Å². The number of aliphatic hydroxyl groups is 1. The summed E-state index contributed by atoms with van der Waals surface area (Å²) in [6.45, 7) is 3.13. The van der Waals surface area contributed by atoms with Gasteiger partial charge in [0, 0.05) is 31.5 Å². The quantitative estimate of drug-likeness (QED) is 0.910. The van der Waals surface area contributed by atoms with Gasteiger partial charge in [0.1, 0.15) is 5.82 Å². The molecule has 4 heteroatoms. The van der Waals surface area contributed by atoms with E-state index in [9.17, 15) is 9.50 Å². The van der Waals surface area contributed by atoms with Crippen LogP contribution in [-0.2, 0) is 4.74 Å². The summed E-state index contributed by atoms with van der Waals surface area (Å²) < 4.78 is 19.5. The van der Waals surface area contributed by atoms with Gasteiger partial charge in [-0.25, -0.2) is 4.39 Å². The van der Waals surface area contributed by atoms with Gasteiger partial charge in [-0.15, -0.1) is 0 Å². The van der Waals surface area contributed by atoms with Crippen LogP contribution in [0.4, 0.5) is 10.1 Å². The highest BCUT2D eigenvalue weighted by atomic mass is 19.1. The molecule has 0 amide bonds. The van der Waals surface area contributed by atoms with Crippen LogP contribution < -0.4 is 4.90 Å². The SMILES string of the molecule is CC(O)c1c(F)cccc1N(C)CC1CCCCO1. The van der Waals surface area contributed by atoms with E-state index in [4.69, 9.17) is 4.74 Å². The Hall–Kier alpha value is -1.13. The molecule has 2 unspecified atom stereocenters. The summed E-state index contributed by atoms with van der Waals surface area (Å²) in [4.78, 5) is 1.97. The van der Waals surface area contributed by atoms with Crippen molar-refractivity contribution in [1.82, 2.24) is 0 Å². The smallest absolute Gasteiger partial charge is 0.131 e. The first kappa shape index (κ1) is 14.3. The maximum atomic E-state index is 13.8. The first-order valence-corrected chi connectivity index (χ1v) is 6.89. The van der Waals surface area contributed by atoms with Crippen molar-refractivity contribution in [3.8, 4) is 0 Å². The third kappa shape index (κ3) is 3.45. The maximum Gasteiger partial charge on any atom is 0.131 e. The zero-order valence-electron chi connectivity index (χ0n) is 11.6. The van der Waals surface area contributed by atoms with E-state index in [2.05, 4.69) is 0 Å². The van der Waals surface area contributed by atoms with Gasteiger partial charge in [0.15, 0.2) is 0 Å². The molecule has 19 heavy (non-hydrogen) atoms. The Kier molecular flexibility index (Phi) is 4.77. The molecule has 0 saturated carbocycles. The molecule has 0 spiro atoms. The van der Waals surface area contributed by atoms with Crippen LogP contribution in [0.1, 0.15) is 37.9 Å². The number of nitrogens with zero attached hydrogens (tertiary/aromatic N) is 1. The van der Waals surface area contributed by atoms with Crippen molar-refractivity contribution in [3.63, 3.8) is 0 Å². The average molecular weight is 267 g/mol. The highest BCUT2D eigenvalue weighted by Gasteiger charge is 2.20. The minimum Gasteiger partial charge on any atom is -0.389 e. The van der Waals surface area contributed by atoms with E-state index in [0.717, 1.165) is 31.7 Å². The van der Waals surface area contributed by atoms with E-state index in [1.807, 2.05) is 18.0 Å². The molecule has 1 aliphatic heterocycles. The van der Waals surface area contributed by atoms with Crippen LogP contribution in [0.15, 0.2) is 18.2 Å². The average Bonchev–Trinajstić information content (AvgIpc) is 2.39. The second-order valence-corrected chi connectivity index (χ2v) is 5.22. The van der Waals surface area contributed by atoms with Gasteiger partial charge in [0.2, 0.25) is 0 Å². The van der Waals surface area contributed by atoms with Crippen molar-refractivity contribution in [2.75, 3.05) is 25.1 Å². The lowest BCUT2D eigenvalue weighted by molar-refractivity contribution is 0.0215. The lowest BCUT2D eigenvalue weighted by Gasteiger charge is -2.30. The number of halogens is 1. The minimum atomic E-state index is -0.814. The molecule has 1 aromatic rings. The van der Waals surface area contributed by atoms with Crippen LogP contribution >= 0.6 is 0 Å². The molecule has 1 N–H and O–H groups in total. The maximum absolute atomic E-state index is 13.8. The van der Waals surface area contributed by atoms with Crippen LogP contribution in [-0.4, -0.2) is 31.4 Å². The molecule has 2 rings (SSSR count). The van der Waals surface area contributed by atoms with Crippen molar-refractivity contribution in [2.24, 2.45) is 0 Å². The lowest BCUT2D eigenvalue weighted by atomic mass is 10.0. The minimum absolute atomic E-state index is 0.198. The molecule has 2 atom stereocenters. The number of aliphatic hydroxyl groups excluding tert-OH is 1. The fraction of sp³-hybridized carbons (Fsp3) is 0.600. The summed E-state index contributed by atoms with van der Waals surface area (Å²) in [6, 6.07) is 4.90. The molecule has 1 aliphatic rings. The summed E-state index contributed by atoms with van der Waals surface area (Å²) in [5.41, 5.74) is 1.10. The van der Waals surface area contributed by atoms with Crippen molar-refractivity contribution in [2.45, 2.75) is 38.4 Å². The van der Waals surface area contributed by atoms with E-state index >= 15 is 0 Å². The van der Waals surface area contributed by atoms with Gasteiger partial charge in [0.05, 0.1) is 12.2 Å². The highest BCUT2D eigenvalue weighted by Crippen LogP contribution is 2.29. The summed E-state index contributed by atoms with van der Waals surface area (Å²) in [5, 5.41) is 9.74. The summed E-state index contributed by atoms with van der Waals surface area (Å²) >= 11 is 0. The van der Waals surface area contributed by atoms with E-state index in [0.29, 0.717) is 5.56 Å². The van der Waals surface area contributed by atoms with Gasteiger partial charge in [-0.2, -0.15) is 0 Å². The van der Waals surface area contributed by atoms with E-state index in [-0.39, 0.29) is 11.9 Å². The summed E-state index contributed by atoms with van der Waals surface area (Å²) in [6.07, 6.45) is 2.74. The fourth-order valence-corrected chi connectivity index (χ4v) is 2.63. The molecule has 0 radical (unpaired) electrons. The first-order valence-electron chi connectivity index (χ1n) is 6.89. The standard InChI is InChI=1S/C15H22FNO2/c1-11(18)15-13(16)7-5-8-14(15)17(2)10-12-6-3-4-9-19-12/h5,7-8,11-12,18H,3-4,6,9-10H2,1-2H3. The van der Waals surface area contributed by atoms with Gasteiger partial charge in [0.25, 0.3) is 0 Å². The van der Waals surface area contributed by atoms with Crippen LogP contribution in [0.3, 0.4) is 0 Å². The molecule has 1 saturated heterocycles. The molecule has 106 valence electrons. The summed E-state index contributed by atoms with van der Waals surface area (Å²) in [5.74, 6) is -0.357. The van der Waals surface area contributed by atoms with Crippen molar-refractivity contribution in [3.05, 3.63) is 29.6 Å². The second kappa shape index (κ2) is 6.35. The van der Waals surface area contributed by atoms with Crippen LogP contribution in [0.5, 0.6) is 0 Å². The summed E-state index contributed by atoms with van der Waals surface area (Å²) in [7, 11) is 1.92. The van der Waals surface area contributed by atoms with Gasteiger partial charge in [-0.05, 0) is 38.3 Å². The number of rotatable bonds is 4. The molecule has 0 aromatic heterocycles. The number of hydrogen-bond acceptors (Lipinski definition) is 3. The predicted molar refractivity (Wildman–Crippen MR) is 73.9 cm³/mol. The topological polar surface area (TPSA) is 32.7 Å². The third-order valence-corrected chi connectivity index (χ3v) is 3.61. The molecule has 1 heterocycles. The Morgan fingerprint density at radius 3 is 2.89 bits per heavy atom. The monoisotopic (exact) mass is 267 g/mol. The van der Waals surface area contributed by atoms with Crippen molar-refractivity contribution >= 4 is 5.69 Å². The fourth-order valence-electron chi connectivity index (χ4n) is 2.63. The number of likely N-dealkylation sites (N-methyl/N-ethyl adjacent to an activating group) is 1. The number of benzene rings is 1. The number of anilines is 1. The highest BCUT2D eigenvalue weighted by molar-refractivity contribution is 5.54. The van der Waals surface area contributed by atoms with E-state index in [1.165, 1.54) is 12.5 Å². The normalized spacial score (nSPS) is 21.2. The first-order chi connectivity index (χ1) is 9.09. The number of hydrogen-bond donors (Lipinski definition) is 1. The third-order valence-electron chi connectivity index (χ3n) is 3.61. The van der Waals surface area contributed by atoms with Crippen molar-refractivity contribution < 1.29 is 14.2 Å². The molecule has 1 aromatic carbocycles.